The molecule has 1 aromatic carbocycles. The van der Waals surface area contributed by atoms with Gasteiger partial charge in [-0.3, -0.25) is 4.79 Å². The second-order valence-electron chi connectivity index (χ2n) is 3.51. The number of aryl methyl sites for hydroxylation is 1. The van der Waals surface area contributed by atoms with Gasteiger partial charge in [-0.15, -0.1) is 0 Å². The summed E-state index contributed by atoms with van der Waals surface area (Å²) in [6.45, 7) is 2.79. The fraction of sp³-hybridized carbons (Fsp3) is 0.364. The van der Waals surface area contributed by atoms with Crippen molar-refractivity contribution in [3.8, 4) is 0 Å². The molecule has 3 heteroatoms. The molecule has 1 heterocycles. The van der Waals surface area contributed by atoms with Crippen LogP contribution in [-0.4, -0.2) is 19.1 Å². The highest BCUT2D eigenvalue weighted by Gasteiger charge is 2.19. The highest BCUT2D eigenvalue weighted by molar-refractivity contribution is 5.77. The van der Waals surface area contributed by atoms with Crippen molar-refractivity contribution in [2.75, 3.05) is 13.2 Å². The third-order valence-electron chi connectivity index (χ3n) is 2.35. The first kappa shape index (κ1) is 9.21. The Morgan fingerprint density at radius 3 is 2.64 bits per heavy atom. The zero-order valence-corrected chi connectivity index (χ0v) is 8.12. The van der Waals surface area contributed by atoms with Crippen LogP contribution in [0.4, 0.5) is 0 Å². The zero-order chi connectivity index (χ0) is 9.97. The maximum absolute atomic E-state index is 10.9. The molecule has 1 amide bonds. The van der Waals surface area contributed by atoms with Crippen molar-refractivity contribution in [1.29, 1.82) is 0 Å². The Hall–Kier alpha value is -1.35. The van der Waals surface area contributed by atoms with Gasteiger partial charge in [-0.1, -0.05) is 29.8 Å². The molecule has 3 nitrogen and oxygen atoms in total. The molecule has 0 spiro atoms. The highest BCUT2D eigenvalue weighted by Crippen LogP contribution is 2.18. The number of nitrogens with one attached hydrogen (secondary N) is 1. The lowest BCUT2D eigenvalue weighted by Crippen LogP contribution is -2.38. The molecular weight excluding hydrogens is 178 g/mol. The van der Waals surface area contributed by atoms with Gasteiger partial charge in [0.15, 0.2) is 0 Å². The van der Waals surface area contributed by atoms with Crippen LogP contribution in [0.15, 0.2) is 24.3 Å². The largest absolute Gasteiger partial charge is 0.362 e. The first-order chi connectivity index (χ1) is 6.75. The Morgan fingerprint density at radius 2 is 2.07 bits per heavy atom. The lowest BCUT2D eigenvalue weighted by molar-refractivity contribution is -0.133. The summed E-state index contributed by atoms with van der Waals surface area (Å²) in [6, 6.07) is 8.18. The van der Waals surface area contributed by atoms with Gasteiger partial charge in [-0.05, 0) is 12.5 Å². The topological polar surface area (TPSA) is 38.3 Å². The summed E-state index contributed by atoms with van der Waals surface area (Å²) in [5, 5.41) is 2.78. The van der Waals surface area contributed by atoms with E-state index in [2.05, 4.69) is 17.4 Å². The highest BCUT2D eigenvalue weighted by atomic mass is 16.5. The second-order valence-corrected chi connectivity index (χ2v) is 3.51. The van der Waals surface area contributed by atoms with Gasteiger partial charge in [0.05, 0.1) is 0 Å². The van der Waals surface area contributed by atoms with Crippen LogP contribution in [-0.2, 0) is 9.53 Å². The molecule has 2 rings (SSSR count). The number of morpholine rings is 1. The Bertz CT molecular complexity index is 322. The van der Waals surface area contributed by atoms with E-state index in [9.17, 15) is 4.79 Å². The van der Waals surface area contributed by atoms with Crippen LogP contribution in [0.25, 0.3) is 0 Å². The van der Waals surface area contributed by atoms with Crippen LogP contribution in [0, 0.1) is 6.92 Å². The summed E-state index contributed by atoms with van der Waals surface area (Å²) in [4.78, 5) is 10.9. The SMILES string of the molecule is Cc1ccc([C@H]2CNC(=O)CO2)cc1. The molecule has 1 atom stereocenters. The van der Waals surface area contributed by atoms with Crippen LogP contribution in [0.2, 0.25) is 0 Å². The third kappa shape index (κ3) is 1.93. The molecular formula is C11H13NO2. The van der Waals surface area contributed by atoms with E-state index in [-0.39, 0.29) is 18.6 Å². The molecule has 1 aromatic rings. The Balaban J connectivity index is 2.08. The number of carbonyl (C=O) groups is 1. The molecule has 0 unspecified atom stereocenters. The van der Waals surface area contributed by atoms with E-state index in [0.29, 0.717) is 6.54 Å². The van der Waals surface area contributed by atoms with E-state index >= 15 is 0 Å². The monoisotopic (exact) mass is 191 g/mol. The lowest BCUT2D eigenvalue weighted by atomic mass is 10.1. The molecule has 0 radical (unpaired) electrons. The van der Waals surface area contributed by atoms with E-state index in [1.165, 1.54) is 5.56 Å². The smallest absolute Gasteiger partial charge is 0.246 e. The Morgan fingerprint density at radius 1 is 1.36 bits per heavy atom. The number of hydrogen-bond acceptors (Lipinski definition) is 2. The molecule has 74 valence electrons. The van der Waals surface area contributed by atoms with Crippen LogP contribution < -0.4 is 5.32 Å². The predicted octanol–water partition coefficient (Wildman–Crippen LogP) is 1.18. The van der Waals surface area contributed by atoms with Crippen LogP contribution >= 0.6 is 0 Å². The van der Waals surface area contributed by atoms with Gasteiger partial charge in [0, 0.05) is 6.54 Å². The molecule has 1 aliphatic heterocycles. The van der Waals surface area contributed by atoms with Crippen LogP contribution in [0.3, 0.4) is 0 Å². The minimum Gasteiger partial charge on any atom is -0.362 e. The Kier molecular flexibility index (Phi) is 2.50. The maximum Gasteiger partial charge on any atom is 0.246 e. The number of ether oxygens (including phenoxy) is 1. The van der Waals surface area contributed by atoms with Crippen molar-refractivity contribution in [2.24, 2.45) is 0 Å². The molecule has 0 saturated carbocycles. The van der Waals surface area contributed by atoms with E-state index in [1.807, 2.05) is 19.1 Å². The van der Waals surface area contributed by atoms with Crippen molar-refractivity contribution in [3.63, 3.8) is 0 Å². The van der Waals surface area contributed by atoms with Crippen LogP contribution in [0.1, 0.15) is 17.2 Å². The summed E-state index contributed by atoms with van der Waals surface area (Å²) >= 11 is 0. The molecule has 1 fully saturated rings. The summed E-state index contributed by atoms with van der Waals surface area (Å²) in [5.74, 6) is -0.0339. The van der Waals surface area contributed by atoms with Gasteiger partial charge < -0.3 is 10.1 Å². The molecule has 1 N–H and O–H groups in total. The van der Waals surface area contributed by atoms with Gasteiger partial charge in [0.1, 0.15) is 12.7 Å². The van der Waals surface area contributed by atoms with E-state index in [0.717, 1.165) is 5.56 Å². The van der Waals surface area contributed by atoms with Crippen molar-refractivity contribution >= 4 is 5.91 Å². The Labute approximate surface area is 83.1 Å². The number of benzene rings is 1. The normalized spacial score (nSPS) is 21.8. The minimum absolute atomic E-state index is 0.00769. The van der Waals surface area contributed by atoms with Crippen molar-refractivity contribution in [1.82, 2.24) is 5.32 Å². The molecule has 0 aromatic heterocycles. The van der Waals surface area contributed by atoms with E-state index in [4.69, 9.17) is 4.74 Å². The third-order valence-corrected chi connectivity index (χ3v) is 2.35. The van der Waals surface area contributed by atoms with E-state index < -0.39 is 0 Å². The van der Waals surface area contributed by atoms with Gasteiger partial charge in [-0.25, -0.2) is 0 Å². The van der Waals surface area contributed by atoms with Crippen LogP contribution in [0.5, 0.6) is 0 Å². The summed E-state index contributed by atoms with van der Waals surface area (Å²) in [7, 11) is 0. The first-order valence-electron chi connectivity index (χ1n) is 4.70. The van der Waals surface area contributed by atoms with Gasteiger partial charge in [0.2, 0.25) is 5.91 Å². The van der Waals surface area contributed by atoms with Crippen molar-refractivity contribution in [2.45, 2.75) is 13.0 Å². The maximum atomic E-state index is 10.9. The quantitative estimate of drug-likeness (QED) is 0.724. The van der Waals surface area contributed by atoms with Gasteiger partial charge in [-0.2, -0.15) is 0 Å². The van der Waals surface area contributed by atoms with Gasteiger partial charge >= 0.3 is 0 Å². The molecule has 1 saturated heterocycles. The lowest BCUT2D eigenvalue weighted by Gasteiger charge is -2.23. The summed E-state index contributed by atoms with van der Waals surface area (Å²) in [6.07, 6.45) is 0.00769. The summed E-state index contributed by atoms with van der Waals surface area (Å²) in [5.41, 5.74) is 2.35. The molecule has 14 heavy (non-hydrogen) atoms. The first-order valence-corrected chi connectivity index (χ1v) is 4.70. The number of amides is 1. The predicted molar refractivity (Wildman–Crippen MR) is 52.9 cm³/mol. The van der Waals surface area contributed by atoms with Gasteiger partial charge in [0.25, 0.3) is 0 Å². The minimum atomic E-state index is -0.0339. The molecule has 0 bridgehead atoms. The molecule has 1 aliphatic rings. The number of hydrogen-bond donors (Lipinski definition) is 1. The average Bonchev–Trinajstić information content (AvgIpc) is 2.21. The molecule has 0 aliphatic carbocycles. The average molecular weight is 191 g/mol. The van der Waals surface area contributed by atoms with Crippen molar-refractivity contribution in [3.05, 3.63) is 35.4 Å². The fourth-order valence-corrected chi connectivity index (χ4v) is 1.49. The summed E-state index contributed by atoms with van der Waals surface area (Å²) < 4.78 is 5.40. The number of carbonyl (C=O) groups excluding carboxylic acids is 1. The number of rotatable bonds is 1. The second kappa shape index (κ2) is 3.80. The van der Waals surface area contributed by atoms with Crippen molar-refractivity contribution < 1.29 is 9.53 Å². The fourth-order valence-electron chi connectivity index (χ4n) is 1.49. The van der Waals surface area contributed by atoms with E-state index in [1.54, 1.807) is 0 Å². The standard InChI is InChI=1S/C11H13NO2/c1-8-2-4-9(5-3-8)10-6-12-11(13)7-14-10/h2-5,10H,6-7H2,1H3,(H,12,13)/t10-/m1/s1. The zero-order valence-electron chi connectivity index (χ0n) is 8.12.